The van der Waals surface area contributed by atoms with E-state index in [4.69, 9.17) is 14.7 Å². The molecule has 0 radical (unpaired) electrons. The molecule has 2 aromatic heterocycles. The molecule has 4 atom stereocenters. The molecule has 11 nitrogen and oxygen atoms in total. The molecular weight excluding hydrogens is 368 g/mol. The molecule has 0 bridgehead atoms. The Morgan fingerprint density at radius 1 is 1.43 bits per heavy atom. The normalized spacial score (nSPS) is 24.4. The van der Waals surface area contributed by atoms with Crippen molar-refractivity contribution in [2.24, 2.45) is 0 Å². The average molecular weight is 388 g/mol. The molecule has 0 aromatic carbocycles. The largest absolute Gasteiger partial charge is 0.387 e. The van der Waals surface area contributed by atoms with Gasteiger partial charge >= 0.3 is 0 Å². The van der Waals surface area contributed by atoms with E-state index in [9.17, 15) is 15.0 Å². The van der Waals surface area contributed by atoms with E-state index in [1.807, 2.05) is 13.8 Å². The molecule has 11 heteroatoms. The van der Waals surface area contributed by atoms with E-state index >= 15 is 0 Å². The van der Waals surface area contributed by atoms with Crippen molar-refractivity contribution >= 4 is 22.9 Å². The smallest absolute Gasteiger partial charge is 0.266 e. The number of rotatable bonds is 6. The van der Waals surface area contributed by atoms with Crippen LogP contribution >= 0.6 is 0 Å². The summed E-state index contributed by atoms with van der Waals surface area (Å²) in [7, 11) is 0. The van der Waals surface area contributed by atoms with E-state index in [2.05, 4.69) is 26.8 Å². The minimum absolute atomic E-state index is 0.0526. The van der Waals surface area contributed by atoms with Crippen molar-refractivity contribution in [3.8, 4) is 6.07 Å². The number of aliphatic hydroxyl groups excluding tert-OH is 2. The Morgan fingerprint density at radius 3 is 2.86 bits per heavy atom. The van der Waals surface area contributed by atoms with Crippen molar-refractivity contribution in [3.63, 3.8) is 0 Å². The zero-order valence-electron chi connectivity index (χ0n) is 15.3. The first-order valence-corrected chi connectivity index (χ1v) is 8.54. The van der Waals surface area contributed by atoms with Gasteiger partial charge in [0, 0.05) is 0 Å². The molecule has 3 rings (SSSR count). The van der Waals surface area contributed by atoms with Crippen LogP contribution in [0.4, 0.5) is 5.82 Å². The summed E-state index contributed by atoms with van der Waals surface area (Å²) >= 11 is 0. The zero-order chi connectivity index (χ0) is 20.4. The number of aliphatic hydroxyl groups is 2. The van der Waals surface area contributed by atoms with E-state index in [-0.39, 0.29) is 35.3 Å². The van der Waals surface area contributed by atoms with Gasteiger partial charge in [-0.1, -0.05) is 6.58 Å². The fourth-order valence-corrected chi connectivity index (χ4v) is 2.75. The van der Waals surface area contributed by atoms with Crippen LogP contribution in [0.5, 0.6) is 0 Å². The average Bonchev–Trinajstić information content (AvgIpc) is 3.22. The maximum absolute atomic E-state index is 11.9. The summed E-state index contributed by atoms with van der Waals surface area (Å²) in [5.74, 6) is -0.631. The predicted molar refractivity (Wildman–Crippen MR) is 95.7 cm³/mol. The fourth-order valence-electron chi connectivity index (χ4n) is 2.75. The highest BCUT2D eigenvalue weighted by atomic mass is 16.6. The van der Waals surface area contributed by atoms with Crippen molar-refractivity contribution < 1.29 is 24.5 Å². The SMILES string of the molecule is C=C(C#N)C(=O)Nc1ncnc2c1ncn2[C@@H]1O[C@H](COC(C)C)[C@@H](O)[C@H]1O. The van der Waals surface area contributed by atoms with Crippen molar-refractivity contribution in [1.29, 1.82) is 5.26 Å². The minimum Gasteiger partial charge on any atom is -0.387 e. The van der Waals surface area contributed by atoms with Crippen LogP contribution in [0.3, 0.4) is 0 Å². The highest BCUT2D eigenvalue weighted by Gasteiger charge is 2.44. The van der Waals surface area contributed by atoms with Gasteiger partial charge in [-0.05, 0) is 13.8 Å². The maximum Gasteiger partial charge on any atom is 0.266 e. The van der Waals surface area contributed by atoms with Crippen LogP contribution in [0.1, 0.15) is 20.1 Å². The van der Waals surface area contributed by atoms with E-state index in [1.165, 1.54) is 17.2 Å². The van der Waals surface area contributed by atoms with Crippen LogP contribution in [0.25, 0.3) is 11.2 Å². The van der Waals surface area contributed by atoms with Crippen LogP contribution in [0.15, 0.2) is 24.8 Å². The highest BCUT2D eigenvalue weighted by molar-refractivity contribution is 6.08. The van der Waals surface area contributed by atoms with Gasteiger partial charge in [-0.15, -0.1) is 0 Å². The lowest BCUT2D eigenvalue weighted by Gasteiger charge is -2.17. The van der Waals surface area contributed by atoms with Gasteiger partial charge in [0.25, 0.3) is 5.91 Å². The van der Waals surface area contributed by atoms with E-state index < -0.39 is 30.4 Å². The lowest BCUT2D eigenvalue weighted by atomic mass is 10.1. The number of imidazole rings is 1. The monoisotopic (exact) mass is 388 g/mol. The number of hydrogen-bond acceptors (Lipinski definition) is 9. The van der Waals surface area contributed by atoms with Crippen LogP contribution in [0.2, 0.25) is 0 Å². The fraction of sp³-hybridized carbons (Fsp3) is 0.471. The summed E-state index contributed by atoms with van der Waals surface area (Å²) in [6.07, 6.45) is -1.55. The number of anilines is 1. The number of ether oxygens (including phenoxy) is 2. The molecule has 0 saturated carbocycles. The molecule has 3 heterocycles. The number of carbonyl (C=O) groups is 1. The molecule has 28 heavy (non-hydrogen) atoms. The second-order valence-corrected chi connectivity index (χ2v) is 6.52. The van der Waals surface area contributed by atoms with Crippen LogP contribution in [0, 0.1) is 11.3 Å². The molecule has 148 valence electrons. The Balaban J connectivity index is 1.87. The number of amides is 1. The number of nitrogens with zero attached hydrogens (tertiary/aromatic N) is 5. The summed E-state index contributed by atoms with van der Waals surface area (Å²) < 4.78 is 12.7. The topological polar surface area (TPSA) is 155 Å². The zero-order valence-corrected chi connectivity index (χ0v) is 15.3. The van der Waals surface area contributed by atoms with Crippen LogP contribution < -0.4 is 5.32 Å². The standard InChI is InChI=1S/C17H20N6O5/c1-8(2)27-5-10-12(24)13(25)17(28-10)23-7-21-11-14(19-6-20-15(11)23)22-16(26)9(3)4-18/h6-8,10,12-13,17,24-25H,3,5H2,1-2H3,(H,19,20,22,26)/t10-,12-,13-,17-/m1/s1. The predicted octanol–water partition coefficient (Wildman–Crippen LogP) is -0.111. The molecule has 0 aliphatic carbocycles. The van der Waals surface area contributed by atoms with Gasteiger partial charge in [-0.2, -0.15) is 5.26 Å². The Kier molecular flexibility index (Phi) is 5.66. The van der Waals surface area contributed by atoms with Gasteiger partial charge in [0.05, 0.1) is 19.0 Å². The van der Waals surface area contributed by atoms with Crippen LogP contribution in [-0.4, -0.2) is 66.7 Å². The summed E-state index contributed by atoms with van der Waals surface area (Å²) in [6, 6.07) is 1.65. The van der Waals surface area contributed by atoms with E-state index in [0.29, 0.717) is 0 Å². The van der Waals surface area contributed by atoms with Gasteiger partial charge in [0.2, 0.25) is 0 Å². The Hall–Kier alpha value is -2.91. The first-order chi connectivity index (χ1) is 13.3. The molecule has 1 fully saturated rings. The summed E-state index contributed by atoms with van der Waals surface area (Å²) in [6.45, 7) is 7.16. The van der Waals surface area contributed by atoms with Crippen LogP contribution in [-0.2, 0) is 14.3 Å². The minimum atomic E-state index is -1.23. The first-order valence-electron chi connectivity index (χ1n) is 8.54. The summed E-state index contributed by atoms with van der Waals surface area (Å²) in [5, 5.41) is 31.9. The maximum atomic E-state index is 11.9. The van der Waals surface area contributed by atoms with Crippen molar-refractivity contribution in [1.82, 2.24) is 19.5 Å². The molecule has 1 aliphatic rings. The molecule has 0 unspecified atom stereocenters. The number of nitrogens with one attached hydrogen (secondary N) is 1. The number of aromatic nitrogens is 4. The number of carbonyl (C=O) groups excluding carboxylic acids is 1. The second-order valence-electron chi connectivity index (χ2n) is 6.52. The van der Waals surface area contributed by atoms with Gasteiger partial charge in [0.1, 0.15) is 36.3 Å². The highest BCUT2D eigenvalue weighted by Crippen LogP contribution is 2.32. The third-order valence-corrected chi connectivity index (χ3v) is 4.20. The number of fused-ring (bicyclic) bond motifs is 1. The quantitative estimate of drug-likeness (QED) is 0.454. The second kappa shape index (κ2) is 7.99. The molecule has 0 spiro atoms. The third-order valence-electron chi connectivity index (χ3n) is 4.20. The Morgan fingerprint density at radius 2 is 2.18 bits per heavy atom. The van der Waals surface area contributed by atoms with Gasteiger partial charge in [-0.25, -0.2) is 15.0 Å². The Bertz CT molecular complexity index is 936. The van der Waals surface area contributed by atoms with E-state index in [1.54, 1.807) is 6.07 Å². The van der Waals surface area contributed by atoms with Gasteiger partial charge in [-0.3, -0.25) is 9.36 Å². The van der Waals surface area contributed by atoms with Gasteiger partial charge in [0.15, 0.2) is 23.2 Å². The molecular formula is C17H20N6O5. The Labute approximate surface area is 160 Å². The van der Waals surface area contributed by atoms with Gasteiger partial charge < -0.3 is 25.0 Å². The molecule has 2 aromatic rings. The lowest BCUT2D eigenvalue weighted by molar-refractivity contribution is -0.112. The molecule has 1 saturated heterocycles. The van der Waals surface area contributed by atoms with Crippen molar-refractivity contribution in [3.05, 3.63) is 24.8 Å². The molecule has 1 amide bonds. The van der Waals surface area contributed by atoms with E-state index in [0.717, 1.165) is 0 Å². The third kappa shape index (κ3) is 3.71. The summed E-state index contributed by atoms with van der Waals surface area (Å²) in [4.78, 5) is 24.1. The molecule has 1 aliphatic heterocycles. The number of nitriles is 1. The molecule has 3 N–H and O–H groups in total. The first kappa shape index (κ1) is 19.8. The summed E-state index contributed by atoms with van der Waals surface area (Å²) in [5.41, 5.74) is 0.222. The van der Waals surface area contributed by atoms with Crippen molar-refractivity contribution in [2.45, 2.75) is 44.5 Å². The number of hydrogen-bond donors (Lipinski definition) is 3. The van der Waals surface area contributed by atoms with Crippen molar-refractivity contribution in [2.75, 3.05) is 11.9 Å². The lowest BCUT2D eigenvalue weighted by Crippen LogP contribution is -2.34.